The Morgan fingerprint density at radius 2 is 1.92 bits per heavy atom. The minimum atomic E-state index is -1.07. The Labute approximate surface area is 145 Å². The Balaban J connectivity index is 1.66. The van der Waals surface area contributed by atoms with E-state index in [4.69, 9.17) is 9.84 Å². The molecule has 1 amide bonds. The number of nitrogens with one attached hydrogen (secondary N) is 1. The van der Waals surface area contributed by atoms with Gasteiger partial charge in [-0.25, -0.2) is 9.78 Å². The van der Waals surface area contributed by atoms with Crippen molar-refractivity contribution in [3.63, 3.8) is 0 Å². The summed E-state index contributed by atoms with van der Waals surface area (Å²) in [7, 11) is 0. The van der Waals surface area contributed by atoms with Crippen LogP contribution in [0.2, 0.25) is 0 Å². The summed E-state index contributed by atoms with van der Waals surface area (Å²) >= 11 is 0. The topological polar surface area (TPSA) is 91.8 Å². The van der Waals surface area contributed by atoms with E-state index in [9.17, 15) is 9.59 Å². The van der Waals surface area contributed by atoms with E-state index in [1.807, 2.05) is 18.2 Å². The van der Waals surface area contributed by atoms with E-state index in [0.29, 0.717) is 44.2 Å². The van der Waals surface area contributed by atoms with Gasteiger partial charge in [0.15, 0.2) is 5.69 Å². The molecule has 2 heterocycles. The van der Waals surface area contributed by atoms with Crippen molar-refractivity contribution in [3.05, 3.63) is 59.3 Å². The number of rotatable bonds is 5. The van der Waals surface area contributed by atoms with Crippen LogP contribution in [-0.2, 0) is 11.3 Å². The van der Waals surface area contributed by atoms with Crippen LogP contribution in [-0.4, -0.2) is 53.2 Å². The van der Waals surface area contributed by atoms with E-state index >= 15 is 0 Å². The van der Waals surface area contributed by atoms with Crippen LogP contribution in [0.3, 0.4) is 0 Å². The lowest BCUT2D eigenvalue weighted by Crippen LogP contribution is -2.40. The molecular weight excluding hydrogens is 322 g/mol. The maximum Gasteiger partial charge on any atom is 0.354 e. The van der Waals surface area contributed by atoms with Crippen molar-refractivity contribution in [1.29, 1.82) is 0 Å². The number of aromatic carboxylic acids is 1. The van der Waals surface area contributed by atoms with Crippen LogP contribution in [0.25, 0.3) is 0 Å². The smallest absolute Gasteiger partial charge is 0.354 e. The first-order chi connectivity index (χ1) is 12.1. The van der Waals surface area contributed by atoms with Gasteiger partial charge < -0.3 is 20.1 Å². The summed E-state index contributed by atoms with van der Waals surface area (Å²) in [5.41, 5.74) is 1.54. The number of hydrogen-bond acceptors (Lipinski definition) is 5. The van der Waals surface area contributed by atoms with Crippen LogP contribution in [0, 0.1) is 0 Å². The molecule has 1 aliphatic heterocycles. The third kappa shape index (κ3) is 4.33. The zero-order chi connectivity index (χ0) is 17.6. The standard InChI is InChI=1S/C18H19N3O4/c22-17(21-7-9-25-10-8-21)14-4-1-3-13(11-14)12-19-16-6-2-5-15(20-16)18(23)24/h1-6,11H,7-10,12H2,(H,19,20)(H,23,24). The highest BCUT2D eigenvalue weighted by Crippen LogP contribution is 2.12. The first kappa shape index (κ1) is 16.9. The quantitative estimate of drug-likeness (QED) is 0.862. The van der Waals surface area contributed by atoms with Crippen LogP contribution in [0.5, 0.6) is 0 Å². The number of carbonyl (C=O) groups is 2. The Morgan fingerprint density at radius 1 is 1.16 bits per heavy atom. The fourth-order valence-electron chi connectivity index (χ4n) is 2.61. The monoisotopic (exact) mass is 341 g/mol. The molecule has 1 fully saturated rings. The molecule has 1 aromatic carbocycles. The van der Waals surface area contributed by atoms with Gasteiger partial charge in [0.25, 0.3) is 5.91 Å². The van der Waals surface area contributed by atoms with E-state index in [-0.39, 0.29) is 11.6 Å². The Bertz CT molecular complexity index is 772. The summed E-state index contributed by atoms with van der Waals surface area (Å²) < 4.78 is 5.27. The van der Waals surface area contributed by atoms with Gasteiger partial charge in [0.2, 0.25) is 0 Å². The molecule has 0 saturated carbocycles. The van der Waals surface area contributed by atoms with Crippen molar-refractivity contribution in [2.75, 3.05) is 31.6 Å². The Morgan fingerprint density at radius 3 is 2.68 bits per heavy atom. The molecule has 0 atom stereocenters. The maximum absolute atomic E-state index is 12.5. The van der Waals surface area contributed by atoms with Crippen molar-refractivity contribution in [2.24, 2.45) is 0 Å². The van der Waals surface area contributed by atoms with Crippen LogP contribution < -0.4 is 5.32 Å². The van der Waals surface area contributed by atoms with Crippen molar-refractivity contribution >= 4 is 17.7 Å². The van der Waals surface area contributed by atoms with Crippen molar-refractivity contribution in [2.45, 2.75) is 6.54 Å². The van der Waals surface area contributed by atoms with Gasteiger partial charge in [0.1, 0.15) is 5.82 Å². The molecule has 0 unspecified atom stereocenters. The number of nitrogens with zero attached hydrogens (tertiary/aromatic N) is 2. The fraction of sp³-hybridized carbons (Fsp3) is 0.278. The number of hydrogen-bond donors (Lipinski definition) is 2. The highest BCUT2D eigenvalue weighted by Gasteiger charge is 2.18. The van der Waals surface area contributed by atoms with Gasteiger partial charge in [0, 0.05) is 25.2 Å². The lowest BCUT2D eigenvalue weighted by Gasteiger charge is -2.27. The van der Waals surface area contributed by atoms with Crippen molar-refractivity contribution in [1.82, 2.24) is 9.88 Å². The molecular formula is C18H19N3O4. The lowest BCUT2D eigenvalue weighted by molar-refractivity contribution is 0.0303. The van der Waals surface area contributed by atoms with E-state index in [1.54, 1.807) is 23.1 Å². The minimum Gasteiger partial charge on any atom is -0.477 e. The van der Waals surface area contributed by atoms with Crippen LogP contribution >= 0.6 is 0 Å². The van der Waals surface area contributed by atoms with Gasteiger partial charge in [-0.2, -0.15) is 0 Å². The zero-order valence-electron chi connectivity index (χ0n) is 13.6. The third-order valence-corrected chi connectivity index (χ3v) is 3.91. The Hall–Kier alpha value is -2.93. The minimum absolute atomic E-state index is 0.00357. The number of ether oxygens (including phenoxy) is 1. The lowest BCUT2D eigenvalue weighted by atomic mass is 10.1. The second kappa shape index (κ2) is 7.76. The molecule has 2 aromatic rings. The number of anilines is 1. The van der Waals surface area contributed by atoms with Gasteiger partial charge in [-0.3, -0.25) is 4.79 Å². The number of carboxylic acids is 1. The fourth-order valence-corrected chi connectivity index (χ4v) is 2.61. The average molecular weight is 341 g/mol. The van der Waals surface area contributed by atoms with E-state index in [1.165, 1.54) is 6.07 Å². The number of carboxylic acid groups (broad SMARTS) is 1. The third-order valence-electron chi connectivity index (χ3n) is 3.91. The van der Waals surface area contributed by atoms with Gasteiger partial charge in [-0.05, 0) is 29.8 Å². The van der Waals surface area contributed by atoms with Gasteiger partial charge in [-0.15, -0.1) is 0 Å². The molecule has 1 saturated heterocycles. The molecule has 3 rings (SSSR count). The first-order valence-electron chi connectivity index (χ1n) is 8.03. The number of amides is 1. The highest BCUT2D eigenvalue weighted by atomic mass is 16.5. The zero-order valence-corrected chi connectivity index (χ0v) is 13.6. The molecule has 7 nitrogen and oxygen atoms in total. The van der Waals surface area contributed by atoms with Crippen LogP contribution in [0.15, 0.2) is 42.5 Å². The van der Waals surface area contributed by atoms with Gasteiger partial charge in [-0.1, -0.05) is 18.2 Å². The molecule has 0 spiro atoms. The molecule has 2 N–H and O–H groups in total. The molecule has 7 heteroatoms. The predicted octanol–water partition coefficient (Wildman–Crippen LogP) is 1.86. The van der Waals surface area contributed by atoms with E-state index in [2.05, 4.69) is 10.3 Å². The van der Waals surface area contributed by atoms with Gasteiger partial charge in [0.05, 0.1) is 13.2 Å². The summed E-state index contributed by atoms with van der Waals surface area (Å²) in [5.74, 6) is -0.595. The van der Waals surface area contributed by atoms with Crippen LogP contribution in [0.1, 0.15) is 26.4 Å². The Kier molecular flexibility index (Phi) is 5.25. The second-order valence-corrected chi connectivity index (χ2v) is 5.67. The SMILES string of the molecule is O=C(O)c1cccc(NCc2cccc(C(=O)N3CCOCC3)c2)n1. The predicted molar refractivity (Wildman–Crippen MR) is 91.7 cm³/mol. The molecule has 130 valence electrons. The van der Waals surface area contributed by atoms with Crippen molar-refractivity contribution < 1.29 is 19.4 Å². The van der Waals surface area contributed by atoms with Gasteiger partial charge >= 0.3 is 5.97 Å². The molecule has 1 aromatic heterocycles. The maximum atomic E-state index is 12.5. The number of pyridine rings is 1. The number of morpholine rings is 1. The molecule has 25 heavy (non-hydrogen) atoms. The average Bonchev–Trinajstić information content (AvgIpc) is 2.67. The summed E-state index contributed by atoms with van der Waals surface area (Å²) in [4.78, 5) is 29.3. The molecule has 0 aliphatic carbocycles. The van der Waals surface area contributed by atoms with Crippen LogP contribution in [0.4, 0.5) is 5.82 Å². The van der Waals surface area contributed by atoms with E-state index < -0.39 is 5.97 Å². The number of benzene rings is 1. The normalized spacial score (nSPS) is 14.2. The summed E-state index contributed by atoms with van der Waals surface area (Å²) in [6, 6.07) is 12.2. The molecule has 0 radical (unpaired) electrons. The van der Waals surface area contributed by atoms with Crippen molar-refractivity contribution in [3.8, 4) is 0 Å². The number of carbonyl (C=O) groups excluding carboxylic acids is 1. The summed E-state index contributed by atoms with van der Waals surface area (Å²) in [5, 5.41) is 12.1. The number of aromatic nitrogens is 1. The highest BCUT2D eigenvalue weighted by molar-refractivity contribution is 5.94. The largest absolute Gasteiger partial charge is 0.477 e. The summed E-state index contributed by atoms with van der Waals surface area (Å²) in [6.45, 7) is 2.79. The summed E-state index contributed by atoms with van der Waals surface area (Å²) in [6.07, 6.45) is 0. The second-order valence-electron chi connectivity index (χ2n) is 5.67. The van der Waals surface area contributed by atoms with E-state index in [0.717, 1.165) is 5.56 Å². The molecule has 1 aliphatic rings. The molecule has 0 bridgehead atoms. The first-order valence-corrected chi connectivity index (χ1v) is 8.03.